The Hall–Kier alpha value is -1.53. The lowest BCUT2D eigenvalue weighted by Gasteiger charge is -2.00. The van der Waals surface area contributed by atoms with Gasteiger partial charge < -0.3 is 10.2 Å². The number of nitrogens with two attached hydrogens (primary N) is 1. The molecule has 0 fully saturated rings. The molecule has 0 bridgehead atoms. The van der Waals surface area contributed by atoms with Crippen molar-refractivity contribution in [3.8, 4) is 0 Å². The van der Waals surface area contributed by atoms with Crippen molar-refractivity contribution in [3.63, 3.8) is 0 Å². The minimum absolute atomic E-state index is 0.376. The molecular formula is C6H5F3N2O2. The zero-order chi connectivity index (χ0) is 10.1. The SMILES string of the molecule is NC(=O)c1cnc(CC(F)(F)F)o1. The summed E-state index contributed by atoms with van der Waals surface area (Å²) in [5.41, 5.74) is 4.74. The first-order chi connectivity index (χ1) is 5.88. The molecule has 2 N–H and O–H groups in total. The predicted molar refractivity (Wildman–Crippen MR) is 34.8 cm³/mol. The second kappa shape index (κ2) is 3.08. The van der Waals surface area contributed by atoms with E-state index in [1.807, 2.05) is 0 Å². The molecule has 1 aromatic rings. The van der Waals surface area contributed by atoms with Gasteiger partial charge in [0.1, 0.15) is 6.42 Å². The number of oxazole rings is 1. The highest BCUT2D eigenvalue weighted by Crippen LogP contribution is 2.20. The van der Waals surface area contributed by atoms with E-state index in [2.05, 4.69) is 9.40 Å². The van der Waals surface area contributed by atoms with Crippen LogP contribution >= 0.6 is 0 Å². The van der Waals surface area contributed by atoms with E-state index in [1.165, 1.54) is 0 Å². The fourth-order valence-electron chi connectivity index (χ4n) is 0.677. The smallest absolute Gasteiger partial charge is 0.397 e. The molecule has 1 rings (SSSR count). The van der Waals surface area contributed by atoms with Crippen molar-refractivity contribution in [1.82, 2.24) is 4.98 Å². The maximum atomic E-state index is 11.7. The van der Waals surface area contributed by atoms with Gasteiger partial charge in [-0.05, 0) is 0 Å². The summed E-state index contributed by atoms with van der Waals surface area (Å²) in [6.45, 7) is 0. The number of carbonyl (C=O) groups excluding carboxylic acids is 1. The summed E-state index contributed by atoms with van der Waals surface area (Å²) in [7, 11) is 0. The Balaban J connectivity index is 2.75. The van der Waals surface area contributed by atoms with Crippen molar-refractivity contribution in [2.45, 2.75) is 12.6 Å². The lowest BCUT2D eigenvalue weighted by Crippen LogP contribution is -2.12. The number of carbonyl (C=O) groups is 1. The van der Waals surface area contributed by atoms with Crippen molar-refractivity contribution in [1.29, 1.82) is 0 Å². The third kappa shape index (κ3) is 2.77. The van der Waals surface area contributed by atoms with E-state index >= 15 is 0 Å². The van der Waals surface area contributed by atoms with Crippen LogP contribution in [0.3, 0.4) is 0 Å². The largest absolute Gasteiger partial charge is 0.435 e. The van der Waals surface area contributed by atoms with Crippen LogP contribution in [0.25, 0.3) is 0 Å². The van der Waals surface area contributed by atoms with Gasteiger partial charge in [0.05, 0.1) is 6.20 Å². The molecule has 0 spiro atoms. The quantitative estimate of drug-likeness (QED) is 0.759. The number of alkyl halides is 3. The predicted octanol–water partition coefficient (Wildman–Crippen LogP) is 0.878. The highest BCUT2D eigenvalue weighted by molar-refractivity contribution is 5.89. The molecule has 0 aromatic carbocycles. The van der Waals surface area contributed by atoms with Gasteiger partial charge in [0, 0.05) is 0 Å². The lowest BCUT2D eigenvalue weighted by atomic mass is 10.4. The van der Waals surface area contributed by atoms with Gasteiger partial charge in [0.2, 0.25) is 11.7 Å². The molecular weight excluding hydrogens is 189 g/mol. The monoisotopic (exact) mass is 194 g/mol. The fourth-order valence-corrected chi connectivity index (χ4v) is 0.677. The van der Waals surface area contributed by atoms with E-state index in [9.17, 15) is 18.0 Å². The molecule has 13 heavy (non-hydrogen) atoms. The van der Waals surface area contributed by atoms with Crippen molar-refractivity contribution in [2.24, 2.45) is 5.73 Å². The summed E-state index contributed by atoms with van der Waals surface area (Å²) >= 11 is 0. The van der Waals surface area contributed by atoms with Crippen LogP contribution in [-0.4, -0.2) is 17.1 Å². The molecule has 0 atom stereocenters. The standard InChI is InChI=1S/C6H5F3N2O2/c7-6(8,9)1-4-11-2-3(13-4)5(10)12/h2H,1H2,(H2,10,12). The van der Waals surface area contributed by atoms with E-state index < -0.39 is 24.4 Å². The summed E-state index contributed by atoms with van der Waals surface area (Å²) in [4.78, 5) is 13.6. The van der Waals surface area contributed by atoms with Gasteiger partial charge in [-0.25, -0.2) is 4.98 Å². The van der Waals surface area contributed by atoms with E-state index in [-0.39, 0.29) is 5.76 Å². The van der Waals surface area contributed by atoms with Crippen LogP contribution in [0.1, 0.15) is 16.4 Å². The third-order valence-corrected chi connectivity index (χ3v) is 1.15. The van der Waals surface area contributed by atoms with Crippen LogP contribution in [0.15, 0.2) is 10.6 Å². The van der Waals surface area contributed by atoms with Gasteiger partial charge in [-0.2, -0.15) is 13.2 Å². The summed E-state index contributed by atoms with van der Waals surface area (Å²) in [6, 6.07) is 0. The summed E-state index contributed by atoms with van der Waals surface area (Å²) in [6.07, 6.45) is -4.84. The maximum absolute atomic E-state index is 11.7. The van der Waals surface area contributed by atoms with Gasteiger partial charge in [-0.3, -0.25) is 4.79 Å². The van der Waals surface area contributed by atoms with Gasteiger partial charge in [-0.1, -0.05) is 0 Å². The summed E-state index contributed by atoms with van der Waals surface area (Å²) < 4.78 is 39.6. The number of hydrogen-bond donors (Lipinski definition) is 1. The van der Waals surface area contributed by atoms with Crippen LogP contribution in [0.2, 0.25) is 0 Å². The molecule has 0 radical (unpaired) electrons. The Labute approximate surface area is 70.5 Å². The van der Waals surface area contributed by atoms with Crippen LogP contribution in [0.5, 0.6) is 0 Å². The first-order valence-electron chi connectivity index (χ1n) is 3.20. The molecule has 1 amide bonds. The van der Waals surface area contributed by atoms with Gasteiger partial charge in [0.25, 0.3) is 5.91 Å². The highest BCUT2D eigenvalue weighted by Gasteiger charge is 2.30. The molecule has 0 aliphatic heterocycles. The summed E-state index contributed by atoms with van der Waals surface area (Å²) in [5, 5.41) is 0. The Kier molecular flexibility index (Phi) is 2.26. The zero-order valence-corrected chi connectivity index (χ0v) is 6.26. The number of primary amides is 1. The molecule has 0 saturated carbocycles. The summed E-state index contributed by atoms with van der Waals surface area (Å²) in [5.74, 6) is -1.89. The Bertz CT molecular complexity index is 318. The van der Waals surface area contributed by atoms with Crippen LogP contribution in [0, 0.1) is 0 Å². The second-order valence-corrected chi connectivity index (χ2v) is 2.27. The molecule has 72 valence electrons. The fraction of sp³-hybridized carbons (Fsp3) is 0.333. The molecule has 0 aliphatic carbocycles. The molecule has 7 heteroatoms. The van der Waals surface area contributed by atoms with Gasteiger partial charge >= 0.3 is 6.18 Å². The topological polar surface area (TPSA) is 69.1 Å². The number of amides is 1. The second-order valence-electron chi connectivity index (χ2n) is 2.27. The van der Waals surface area contributed by atoms with Crippen LogP contribution in [-0.2, 0) is 6.42 Å². The first kappa shape index (κ1) is 9.56. The molecule has 4 nitrogen and oxygen atoms in total. The van der Waals surface area contributed by atoms with E-state index in [1.54, 1.807) is 0 Å². The minimum Gasteiger partial charge on any atom is -0.435 e. The Morgan fingerprint density at radius 1 is 1.62 bits per heavy atom. The number of aromatic nitrogens is 1. The Morgan fingerprint density at radius 2 is 2.23 bits per heavy atom. The van der Waals surface area contributed by atoms with E-state index in [4.69, 9.17) is 5.73 Å². The third-order valence-electron chi connectivity index (χ3n) is 1.15. The number of halogens is 3. The van der Waals surface area contributed by atoms with Gasteiger partial charge in [-0.15, -0.1) is 0 Å². The number of hydrogen-bond acceptors (Lipinski definition) is 3. The zero-order valence-electron chi connectivity index (χ0n) is 6.26. The van der Waals surface area contributed by atoms with Crippen molar-refractivity contribution in [3.05, 3.63) is 17.8 Å². The molecule has 1 aromatic heterocycles. The average Bonchev–Trinajstić information content (AvgIpc) is 2.31. The molecule has 0 aliphatic rings. The van der Waals surface area contributed by atoms with Crippen LogP contribution in [0.4, 0.5) is 13.2 Å². The number of rotatable bonds is 2. The molecule has 0 unspecified atom stereocenters. The molecule has 1 heterocycles. The average molecular weight is 194 g/mol. The minimum atomic E-state index is -4.40. The van der Waals surface area contributed by atoms with Crippen LogP contribution < -0.4 is 5.73 Å². The van der Waals surface area contributed by atoms with E-state index in [0.717, 1.165) is 6.20 Å². The van der Waals surface area contributed by atoms with Gasteiger partial charge in [0.15, 0.2) is 0 Å². The maximum Gasteiger partial charge on any atom is 0.397 e. The first-order valence-corrected chi connectivity index (χ1v) is 3.20. The highest BCUT2D eigenvalue weighted by atomic mass is 19.4. The normalized spacial score (nSPS) is 11.6. The van der Waals surface area contributed by atoms with Crippen molar-refractivity contribution < 1.29 is 22.4 Å². The van der Waals surface area contributed by atoms with Crippen molar-refractivity contribution in [2.75, 3.05) is 0 Å². The Morgan fingerprint density at radius 3 is 2.62 bits per heavy atom. The lowest BCUT2D eigenvalue weighted by molar-refractivity contribution is -0.130. The molecule has 0 saturated heterocycles. The van der Waals surface area contributed by atoms with Crippen molar-refractivity contribution >= 4 is 5.91 Å². The number of nitrogens with zero attached hydrogens (tertiary/aromatic N) is 1. The van der Waals surface area contributed by atoms with E-state index in [0.29, 0.717) is 0 Å².